The van der Waals surface area contributed by atoms with Gasteiger partial charge in [-0.05, 0) is 180 Å². The lowest BCUT2D eigenvalue weighted by atomic mass is 10.1. The molecule has 5 unspecified atom stereocenters. The van der Waals surface area contributed by atoms with Crippen LogP contribution in [0, 0.1) is 0 Å². The van der Waals surface area contributed by atoms with Crippen molar-refractivity contribution in [3.8, 4) is 0 Å². The van der Waals surface area contributed by atoms with Crippen LogP contribution in [0.3, 0.4) is 0 Å². The molecule has 0 bridgehead atoms. The first-order valence-corrected chi connectivity index (χ1v) is 43.3. The summed E-state index contributed by atoms with van der Waals surface area (Å²) in [7, 11) is -10.1. The van der Waals surface area contributed by atoms with Crippen molar-refractivity contribution >= 4 is 39.5 Å². The Hall–Kier alpha value is -7.14. The molecule has 0 radical (unpaired) electrons. The van der Waals surface area contributed by atoms with Crippen LogP contribution in [0.15, 0.2) is 243 Å². The highest BCUT2D eigenvalue weighted by molar-refractivity contribution is 7.47. The van der Waals surface area contributed by atoms with Crippen molar-refractivity contribution < 1.29 is 80.2 Å². The first-order valence-electron chi connectivity index (χ1n) is 40.3. The summed E-state index contributed by atoms with van der Waals surface area (Å²) in [6.45, 7) is 4.10. The summed E-state index contributed by atoms with van der Waals surface area (Å²) in [4.78, 5) is 73.0. The quantitative estimate of drug-likeness (QED) is 0.0169. The molecular formula is C91H138O17P2. The van der Waals surface area contributed by atoms with Crippen LogP contribution < -0.4 is 0 Å². The molecule has 19 heteroatoms. The molecule has 17 nitrogen and oxygen atoms in total. The number of rotatable bonds is 72. The molecule has 110 heavy (non-hydrogen) atoms. The van der Waals surface area contributed by atoms with Crippen molar-refractivity contribution in [3.05, 3.63) is 243 Å². The largest absolute Gasteiger partial charge is 0.472 e. The van der Waals surface area contributed by atoms with Gasteiger partial charge in [0.1, 0.15) is 19.3 Å². The summed E-state index contributed by atoms with van der Waals surface area (Å²) < 4.78 is 68.4. The third-order valence-electron chi connectivity index (χ3n) is 15.3. The number of unbranched alkanes of at least 4 members (excludes halogenated alkanes) is 7. The Morgan fingerprint density at radius 3 is 0.773 bits per heavy atom. The summed E-state index contributed by atoms with van der Waals surface area (Å²) in [5.74, 6) is -2.50. The van der Waals surface area contributed by atoms with Crippen molar-refractivity contribution in [2.24, 2.45) is 0 Å². The molecule has 5 atom stereocenters. The van der Waals surface area contributed by atoms with E-state index in [1.165, 1.54) is 0 Å². The molecule has 0 aromatic heterocycles. The van der Waals surface area contributed by atoms with Crippen LogP contribution in [-0.4, -0.2) is 96.7 Å². The fourth-order valence-corrected chi connectivity index (χ4v) is 11.0. The van der Waals surface area contributed by atoms with Gasteiger partial charge in [-0.2, -0.15) is 0 Å². The van der Waals surface area contributed by atoms with Crippen LogP contribution in [0.25, 0.3) is 0 Å². The number of phosphoric acid groups is 2. The number of esters is 4. The van der Waals surface area contributed by atoms with E-state index in [4.69, 9.17) is 37.0 Å². The molecule has 0 heterocycles. The Labute approximate surface area is 663 Å². The molecule has 0 spiro atoms. The van der Waals surface area contributed by atoms with Crippen molar-refractivity contribution in [2.75, 3.05) is 39.6 Å². The smallest absolute Gasteiger partial charge is 0.462 e. The monoisotopic (exact) mass is 1560 g/mol. The number of carbonyl (C=O) groups is 4. The predicted molar refractivity (Wildman–Crippen MR) is 454 cm³/mol. The molecule has 0 aliphatic carbocycles. The molecule has 0 aromatic rings. The second-order valence-corrected chi connectivity index (χ2v) is 28.4. The summed E-state index contributed by atoms with van der Waals surface area (Å²) in [6, 6.07) is 0. The van der Waals surface area contributed by atoms with E-state index in [-0.39, 0.29) is 25.7 Å². The highest BCUT2D eigenvalue weighted by Gasteiger charge is 2.30. The number of aliphatic hydroxyl groups excluding tert-OH is 1. The maximum Gasteiger partial charge on any atom is 0.472 e. The van der Waals surface area contributed by atoms with E-state index in [2.05, 4.69) is 234 Å². The Bertz CT molecular complexity index is 3050. The number of hydrogen-bond donors (Lipinski definition) is 3. The lowest BCUT2D eigenvalue weighted by Crippen LogP contribution is -2.30. The Balaban J connectivity index is 5.59. The van der Waals surface area contributed by atoms with Gasteiger partial charge in [-0.1, -0.05) is 284 Å². The zero-order valence-corrected chi connectivity index (χ0v) is 68.9. The van der Waals surface area contributed by atoms with Crippen molar-refractivity contribution in [3.63, 3.8) is 0 Å². The molecule has 614 valence electrons. The third kappa shape index (κ3) is 79.0. The van der Waals surface area contributed by atoms with Gasteiger partial charge in [0.2, 0.25) is 0 Å². The topological polar surface area (TPSA) is 237 Å². The van der Waals surface area contributed by atoms with Crippen molar-refractivity contribution in [1.82, 2.24) is 0 Å². The molecule has 0 saturated carbocycles. The van der Waals surface area contributed by atoms with Crippen molar-refractivity contribution in [2.45, 2.75) is 264 Å². The maximum absolute atomic E-state index is 13.1. The van der Waals surface area contributed by atoms with E-state index in [9.17, 15) is 43.2 Å². The van der Waals surface area contributed by atoms with Gasteiger partial charge in [0.25, 0.3) is 0 Å². The van der Waals surface area contributed by atoms with Crippen LogP contribution in [-0.2, 0) is 65.4 Å². The number of carbonyl (C=O) groups excluding carboxylic acids is 4. The molecule has 0 rings (SSSR count). The second kappa shape index (κ2) is 79.9. The fraction of sp³-hybridized carbons (Fsp3) is 0.516. The normalized spacial score (nSPS) is 15.1. The van der Waals surface area contributed by atoms with Gasteiger partial charge in [-0.3, -0.25) is 37.3 Å². The minimum atomic E-state index is -5.03. The summed E-state index contributed by atoms with van der Waals surface area (Å²) in [5, 5.41) is 10.7. The summed E-state index contributed by atoms with van der Waals surface area (Å²) in [5.41, 5.74) is 0. The maximum atomic E-state index is 13.1. The molecular weight excluding hydrogens is 1430 g/mol. The van der Waals surface area contributed by atoms with E-state index in [0.29, 0.717) is 32.1 Å². The van der Waals surface area contributed by atoms with Crippen LogP contribution in [0.1, 0.15) is 246 Å². The number of phosphoric ester groups is 2. The average molecular weight is 1570 g/mol. The van der Waals surface area contributed by atoms with Gasteiger partial charge in [-0.25, -0.2) is 9.13 Å². The van der Waals surface area contributed by atoms with Crippen molar-refractivity contribution in [1.29, 1.82) is 0 Å². The lowest BCUT2D eigenvalue weighted by Gasteiger charge is -2.21. The molecule has 0 aliphatic rings. The van der Waals surface area contributed by atoms with E-state index >= 15 is 0 Å². The van der Waals surface area contributed by atoms with Gasteiger partial charge in [-0.15, -0.1) is 0 Å². The Kier molecular flexibility index (Phi) is 74.7. The van der Waals surface area contributed by atoms with Crippen LogP contribution in [0.4, 0.5) is 0 Å². The van der Waals surface area contributed by atoms with Gasteiger partial charge in [0.05, 0.1) is 32.8 Å². The average Bonchev–Trinajstić information content (AvgIpc) is 0.899. The lowest BCUT2D eigenvalue weighted by molar-refractivity contribution is -0.161. The molecule has 0 fully saturated rings. The van der Waals surface area contributed by atoms with E-state index < -0.39 is 97.5 Å². The fourth-order valence-electron chi connectivity index (χ4n) is 9.38. The summed E-state index contributed by atoms with van der Waals surface area (Å²) >= 11 is 0. The first kappa shape index (κ1) is 103. The molecule has 0 aliphatic heterocycles. The van der Waals surface area contributed by atoms with E-state index in [1.807, 2.05) is 24.3 Å². The highest BCUT2D eigenvalue weighted by Crippen LogP contribution is 2.45. The Morgan fingerprint density at radius 2 is 0.491 bits per heavy atom. The van der Waals surface area contributed by atoms with E-state index in [0.717, 1.165) is 161 Å². The number of allylic oxidation sites excluding steroid dienone is 39. The van der Waals surface area contributed by atoms with Crippen LogP contribution >= 0.6 is 15.6 Å². The third-order valence-corrected chi connectivity index (χ3v) is 17.2. The predicted octanol–water partition coefficient (Wildman–Crippen LogP) is 24.0. The number of hydrogen-bond acceptors (Lipinski definition) is 15. The van der Waals surface area contributed by atoms with Gasteiger partial charge < -0.3 is 33.8 Å². The zero-order valence-electron chi connectivity index (χ0n) is 67.1. The Morgan fingerprint density at radius 1 is 0.264 bits per heavy atom. The highest BCUT2D eigenvalue weighted by atomic mass is 31.2. The van der Waals surface area contributed by atoms with Crippen LogP contribution in [0.5, 0.6) is 0 Å². The standard InChI is InChI=1S/C91H138O17P2/c1-5-9-13-17-21-25-29-33-37-40-42-45-48-51-55-59-63-67-71-75-88(93)101-81-86(107-90(95)77-73-69-65-61-57-53-47-36-32-28-24-20-16-12-8-4)83-105-109(97,98)103-79-85(92)80-104-110(99,100)106-84-87(108-91(96)78-74-70-66-62-58-54-50-44-39-35-31-27-23-19-15-11-7-3)82-102-89(94)76-72-68-64-60-56-52-49-46-43-41-38-34-30-26-22-18-14-10-6-2/h9-16,21-28,33-39,42-43,45-47,50-52,54-57,61-62,66,69,73,85-87,92H,5-8,17-20,29-32,40-41,44,48-49,53,58-60,63-65,67-68,70-72,74-84H2,1-4H3,(H,97,98)(H,99,100)/b13-9-,14-10-,15-11-,16-12-,25-21-,26-22-,27-23-,28-24-,37-33-,38-34-,39-35-,45-42-,46-43-,47-36-,54-50-,55-51-,56-52-,61-57-,66-62-,73-69-. The SMILES string of the molecule is CC/C=C\C/C=C\C/C=C\C/C=C\C/C=C\CCCCCC(=O)OCC(COP(=O)(O)OCC(O)COP(=O)(O)OCC(COC(=O)CCCCC/C=C\C/C=C\C/C=C\C/C=C\C/C=C\CC)OC(=O)CCC/C=C\C/C=C\C/C=C\C/C=C\C/C=C\CC)OC(=O)C/C=C\C/C=C\C/C=C\C/C=C\C/C=C\CC. The minimum absolute atomic E-state index is 0.00603. The van der Waals surface area contributed by atoms with E-state index in [1.54, 1.807) is 12.2 Å². The molecule has 3 N–H and O–H groups in total. The molecule has 0 aromatic carbocycles. The van der Waals surface area contributed by atoms with Gasteiger partial charge in [0, 0.05) is 19.3 Å². The van der Waals surface area contributed by atoms with Gasteiger partial charge in [0.15, 0.2) is 12.2 Å². The number of aliphatic hydroxyl groups is 1. The van der Waals surface area contributed by atoms with Gasteiger partial charge >= 0.3 is 39.5 Å². The zero-order chi connectivity index (χ0) is 80.3. The molecule has 0 saturated heterocycles. The molecule has 0 amide bonds. The second-order valence-electron chi connectivity index (χ2n) is 25.5. The van der Waals surface area contributed by atoms with Crippen LogP contribution in [0.2, 0.25) is 0 Å². The number of ether oxygens (including phenoxy) is 4. The first-order chi connectivity index (χ1) is 53.7. The minimum Gasteiger partial charge on any atom is -0.462 e. The summed E-state index contributed by atoms with van der Waals surface area (Å²) in [6.07, 6.45) is 105.